The van der Waals surface area contributed by atoms with Gasteiger partial charge in [0.25, 0.3) is 0 Å². The summed E-state index contributed by atoms with van der Waals surface area (Å²) in [7, 11) is -3.19. The van der Waals surface area contributed by atoms with Crippen molar-refractivity contribution in [2.45, 2.75) is 25.4 Å². The van der Waals surface area contributed by atoms with Crippen LogP contribution in [0.5, 0.6) is 11.6 Å². The van der Waals surface area contributed by atoms with Gasteiger partial charge in [-0.25, -0.2) is 27.9 Å². The molecular formula is C20H23N5O5S. The number of likely N-dealkylation sites (tertiary alicyclic amines) is 1. The first-order chi connectivity index (χ1) is 14.8. The normalized spacial score (nSPS) is 15.9. The molecule has 1 saturated heterocycles. The lowest BCUT2D eigenvalue weighted by Crippen LogP contribution is -2.44. The van der Waals surface area contributed by atoms with Crippen LogP contribution in [0.1, 0.15) is 18.5 Å². The number of carboxylic acid groups (broad SMARTS) is 1. The van der Waals surface area contributed by atoms with Crippen LogP contribution in [-0.4, -0.2) is 64.4 Å². The van der Waals surface area contributed by atoms with Gasteiger partial charge in [0.2, 0.25) is 15.9 Å². The topological polar surface area (TPSA) is 127 Å². The third kappa shape index (κ3) is 5.37. The van der Waals surface area contributed by atoms with Gasteiger partial charge in [0.1, 0.15) is 12.1 Å². The van der Waals surface area contributed by atoms with Gasteiger partial charge in [-0.1, -0.05) is 0 Å². The van der Waals surface area contributed by atoms with Gasteiger partial charge in [0.05, 0.1) is 17.5 Å². The average molecular weight is 446 g/mol. The quantitative estimate of drug-likeness (QED) is 0.592. The van der Waals surface area contributed by atoms with Gasteiger partial charge in [-0.2, -0.15) is 0 Å². The van der Waals surface area contributed by atoms with Crippen molar-refractivity contribution < 1.29 is 23.1 Å². The molecule has 2 aromatic heterocycles. The fraction of sp³-hybridized carbons (Fsp3) is 0.350. The van der Waals surface area contributed by atoms with Gasteiger partial charge in [-0.05, 0) is 37.1 Å². The Morgan fingerprint density at radius 2 is 2.00 bits per heavy atom. The predicted octanol–water partition coefficient (Wildman–Crippen LogP) is 2.26. The van der Waals surface area contributed by atoms with Crippen molar-refractivity contribution in [2.75, 3.05) is 19.3 Å². The third-order valence-corrected chi connectivity index (χ3v) is 5.90. The Kier molecular flexibility index (Phi) is 5.90. The molecule has 1 fully saturated rings. The highest BCUT2D eigenvalue weighted by Gasteiger charge is 2.22. The molecule has 3 aromatic rings. The van der Waals surface area contributed by atoms with Crippen LogP contribution in [0.25, 0.3) is 10.9 Å². The van der Waals surface area contributed by atoms with E-state index in [0.29, 0.717) is 23.7 Å². The van der Waals surface area contributed by atoms with Crippen molar-refractivity contribution in [3.63, 3.8) is 0 Å². The lowest BCUT2D eigenvalue weighted by atomic mass is 10.1. The number of hydrogen-bond donors (Lipinski definition) is 2. The molecule has 1 aliphatic heterocycles. The van der Waals surface area contributed by atoms with Crippen molar-refractivity contribution in [2.24, 2.45) is 0 Å². The first kappa shape index (κ1) is 21.2. The number of fused-ring (bicyclic) bond motifs is 1. The molecule has 11 heteroatoms. The lowest BCUT2D eigenvalue weighted by Gasteiger charge is -2.31. The van der Waals surface area contributed by atoms with Crippen LogP contribution in [0, 0.1) is 0 Å². The van der Waals surface area contributed by atoms with E-state index in [2.05, 4.69) is 19.6 Å². The molecule has 0 atom stereocenters. The molecule has 1 aliphatic rings. The summed E-state index contributed by atoms with van der Waals surface area (Å²) in [5.74, 6) is 0.948. The highest BCUT2D eigenvalue weighted by molar-refractivity contribution is 7.88. The van der Waals surface area contributed by atoms with Gasteiger partial charge in [0.15, 0.2) is 0 Å². The molecule has 0 saturated carbocycles. The number of rotatable bonds is 6. The van der Waals surface area contributed by atoms with Crippen LogP contribution in [-0.2, 0) is 16.6 Å². The summed E-state index contributed by atoms with van der Waals surface area (Å²) in [5.41, 5.74) is 1.38. The van der Waals surface area contributed by atoms with E-state index in [-0.39, 0.29) is 6.04 Å². The van der Waals surface area contributed by atoms with E-state index in [1.807, 2.05) is 0 Å². The maximum absolute atomic E-state index is 11.4. The van der Waals surface area contributed by atoms with E-state index in [9.17, 15) is 18.3 Å². The van der Waals surface area contributed by atoms with Crippen molar-refractivity contribution in [3.05, 3.63) is 48.5 Å². The summed E-state index contributed by atoms with van der Waals surface area (Å²) >= 11 is 0. The number of nitrogens with zero attached hydrogens (tertiary/aromatic N) is 4. The SMILES string of the molecule is CS(=O)(=O)NC1CCN(Cc2cc(Oc3ccc4c(ccn4C(=O)O)c3)ncn2)CC1. The summed E-state index contributed by atoms with van der Waals surface area (Å²) in [5, 5.41) is 9.94. The fourth-order valence-electron chi connectivity index (χ4n) is 3.73. The van der Waals surface area contributed by atoms with Crippen molar-refractivity contribution in [3.8, 4) is 11.6 Å². The third-order valence-electron chi connectivity index (χ3n) is 5.14. The van der Waals surface area contributed by atoms with Gasteiger partial charge in [-0.15, -0.1) is 0 Å². The van der Waals surface area contributed by atoms with Crippen molar-refractivity contribution in [1.82, 2.24) is 24.2 Å². The zero-order chi connectivity index (χ0) is 22.0. The molecule has 0 spiro atoms. The van der Waals surface area contributed by atoms with Gasteiger partial charge in [0, 0.05) is 43.3 Å². The molecule has 3 heterocycles. The second kappa shape index (κ2) is 8.61. The minimum atomic E-state index is -3.19. The fourth-order valence-corrected chi connectivity index (χ4v) is 4.57. The largest absolute Gasteiger partial charge is 0.464 e. The molecule has 0 radical (unpaired) electrons. The molecule has 4 rings (SSSR count). The molecule has 0 unspecified atom stereocenters. The molecule has 1 aromatic carbocycles. The summed E-state index contributed by atoms with van der Waals surface area (Å²) in [6.45, 7) is 2.15. The van der Waals surface area contributed by atoms with E-state index in [4.69, 9.17) is 4.74 Å². The highest BCUT2D eigenvalue weighted by Crippen LogP contribution is 2.26. The molecule has 10 nitrogen and oxygen atoms in total. The van der Waals surface area contributed by atoms with E-state index < -0.39 is 16.1 Å². The predicted molar refractivity (Wildman–Crippen MR) is 114 cm³/mol. The molecule has 0 aliphatic carbocycles. The van der Waals surface area contributed by atoms with Gasteiger partial charge in [-0.3, -0.25) is 9.47 Å². The van der Waals surface area contributed by atoms with Crippen LogP contribution in [0.3, 0.4) is 0 Å². The lowest BCUT2D eigenvalue weighted by molar-refractivity contribution is 0.197. The first-order valence-electron chi connectivity index (χ1n) is 9.80. The van der Waals surface area contributed by atoms with Crippen LogP contribution in [0.4, 0.5) is 4.79 Å². The zero-order valence-electron chi connectivity index (χ0n) is 16.9. The van der Waals surface area contributed by atoms with E-state index in [1.54, 1.807) is 30.3 Å². The van der Waals surface area contributed by atoms with Crippen molar-refractivity contribution >= 4 is 27.0 Å². The number of aromatic nitrogens is 3. The second-order valence-corrected chi connectivity index (χ2v) is 9.36. The van der Waals surface area contributed by atoms with Crippen LogP contribution in [0.2, 0.25) is 0 Å². The number of carbonyl (C=O) groups is 1. The van der Waals surface area contributed by atoms with Gasteiger partial charge >= 0.3 is 6.09 Å². The molecule has 0 amide bonds. The minimum absolute atomic E-state index is 0.0264. The zero-order valence-corrected chi connectivity index (χ0v) is 17.7. The minimum Gasteiger partial charge on any atom is -0.464 e. The molecule has 164 valence electrons. The Morgan fingerprint density at radius 3 is 2.71 bits per heavy atom. The number of hydrogen-bond acceptors (Lipinski definition) is 7. The Hall–Kier alpha value is -3.02. The van der Waals surface area contributed by atoms with Crippen LogP contribution in [0.15, 0.2) is 42.9 Å². The highest BCUT2D eigenvalue weighted by atomic mass is 32.2. The molecule has 31 heavy (non-hydrogen) atoms. The van der Waals surface area contributed by atoms with E-state index in [0.717, 1.165) is 41.6 Å². The van der Waals surface area contributed by atoms with Crippen LogP contribution < -0.4 is 9.46 Å². The maximum Gasteiger partial charge on any atom is 0.415 e. The molecule has 0 bridgehead atoms. The number of piperidine rings is 1. The standard InChI is InChI=1S/C20H23N5O5S/c1-31(28,29)23-15-5-7-24(8-6-15)12-16-11-19(22-13-21-16)30-17-2-3-18-14(10-17)4-9-25(18)20(26)27/h2-4,9-11,13,15,23H,5-8,12H2,1H3,(H,26,27). The van der Waals surface area contributed by atoms with Crippen molar-refractivity contribution in [1.29, 1.82) is 0 Å². The maximum atomic E-state index is 11.4. The summed E-state index contributed by atoms with van der Waals surface area (Å²) in [6.07, 6.45) is 4.58. The number of benzene rings is 1. The number of ether oxygens (including phenoxy) is 1. The Morgan fingerprint density at radius 1 is 1.23 bits per heavy atom. The summed E-state index contributed by atoms with van der Waals surface area (Å²) < 4.78 is 32.4. The van der Waals surface area contributed by atoms with E-state index >= 15 is 0 Å². The monoisotopic (exact) mass is 445 g/mol. The number of sulfonamides is 1. The Labute approximate surface area is 179 Å². The molecule has 2 N–H and O–H groups in total. The first-order valence-corrected chi connectivity index (χ1v) is 11.7. The second-order valence-electron chi connectivity index (χ2n) is 7.58. The Balaban J connectivity index is 1.39. The average Bonchev–Trinajstić information content (AvgIpc) is 3.12. The Bertz CT molecular complexity index is 1200. The number of nitrogens with one attached hydrogen (secondary N) is 1. The van der Waals surface area contributed by atoms with Crippen LogP contribution >= 0.6 is 0 Å². The summed E-state index contributed by atoms with van der Waals surface area (Å²) in [6, 6.07) is 8.60. The summed E-state index contributed by atoms with van der Waals surface area (Å²) in [4.78, 5) is 21.9. The van der Waals surface area contributed by atoms with Gasteiger partial charge < -0.3 is 9.84 Å². The molecular weight excluding hydrogens is 422 g/mol. The smallest absolute Gasteiger partial charge is 0.415 e. The van der Waals surface area contributed by atoms with E-state index in [1.165, 1.54) is 18.8 Å².